The molecule has 0 aliphatic heterocycles. The van der Waals surface area contributed by atoms with Crippen molar-refractivity contribution >= 4 is 26.0 Å². The maximum absolute atomic E-state index is 12.3. The highest BCUT2D eigenvalue weighted by Gasteiger charge is 2.38. The van der Waals surface area contributed by atoms with Crippen LogP contribution in [0.2, 0.25) is 0 Å². The van der Waals surface area contributed by atoms with Crippen molar-refractivity contribution in [3.05, 3.63) is 28.2 Å². The zero-order valence-corrected chi connectivity index (χ0v) is 14.3. The van der Waals surface area contributed by atoms with Gasteiger partial charge in [-0.1, -0.05) is 19.9 Å². The van der Waals surface area contributed by atoms with E-state index in [4.69, 9.17) is 0 Å². The molecule has 0 spiro atoms. The number of hydrogen-bond acceptors (Lipinski definition) is 3. The summed E-state index contributed by atoms with van der Waals surface area (Å²) in [6.45, 7) is 6.28. The Morgan fingerprint density at radius 1 is 1.35 bits per heavy atom. The maximum atomic E-state index is 12.3. The van der Waals surface area contributed by atoms with Crippen LogP contribution in [0.25, 0.3) is 0 Å². The Balaban J connectivity index is 2.10. The average Bonchev–Trinajstić information content (AvgIpc) is 3.13. The van der Waals surface area contributed by atoms with Gasteiger partial charge in [-0.25, -0.2) is 13.1 Å². The minimum Gasteiger partial charge on any atom is -0.313 e. The molecule has 0 bridgehead atoms. The molecule has 1 aromatic rings. The van der Waals surface area contributed by atoms with E-state index >= 15 is 0 Å². The van der Waals surface area contributed by atoms with E-state index < -0.39 is 10.0 Å². The largest absolute Gasteiger partial charge is 0.313 e. The number of benzene rings is 1. The van der Waals surface area contributed by atoms with Crippen molar-refractivity contribution in [3.63, 3.8) is 0 Å². The first-order valence-corrected chi connectivity index (χ1v) is 9.13. The van der Waals surface area contributed by atoms with E-state index in [2.05, 4.69) is 32.9 Å². The van der Waals surface area contributed by atoms with E-state index in [1.165, 1.54) is 0 Å². The van der Waals surface area contributed by atoms with E-state index in [9.17, 15) is 8.42 Å². The average molecular weight is 361 g/mol. The van der Waals surface area contributed by atoms with Crippen LogP contribution in [0, 0.1) is 5.41 Å². The lowest BCUT2D eigenvalue weighted by atomic mass is 10.2. The Bertz CT molecular complexity index is 583. The molecule has 1 aromatic carbocycles. The van der Waals surface area contributed by atoms with Gasteiger partial charge < -0.3 is 5.32 Å². The molecule has 4 nitrogen and oxygen atoms in total. The third-order valence-electron chi connectivity index (χ3n) is 3.66. The number of rotatable bonds is 7. The van der Waals surface area contributed by atoms with Gasteiger partial charge in [-0.05, 0) is 58.4 Å². The Morgan fingerprint density at radius 2 is 2.05 bits per heavy atom. The van der Waals surface area contributed by atoms with Gasteiger partial charge in [0.05, 0.1) is 4.90 Å². The van der Waals surface area contributed by atoms with Gasteiger partial charge >= 0.3 is 0 Å². The van der Waals surface area contributed by atoms with Gasteiger partial charge in [0, 0.05) is 17.6 Å². The van der Waals surface area contributed by atoms with E-state index in [0.717, 1.165) is 31.5 Å². The van der Waals surface area contributed by atoms with Crippen molar-refractivity contribution < 1.29 is 8.42 Å². The summed E-state index contributed by atoms with van der Waals surface area (Å²) in [4.78, 5) is 0.307. The molecule has 0 atom stereocenters. The molecule has 1 saturated carbocycles. The van der Waals surface area contributed by atoms with Crippen molar-refractivity contribution in [1.29, 1.82) is 0 Å². The molecule has 0 unspecified atom stereocenters. The number of halogens is 1. The molecule has 6 heteroatoms. The highest BCUT2D eigenvalue weighted by molar-refractivity contribution is 9.10. The molecule has 20 heavy (non-hydrogen) atoms. The minimum absolute atomic E-state index is 0.157. The molecule has 0 aromatic heterocycles. The summed E-state index contributed by atoms with van der Waals surface area (Å²) in [7, 11) is -3.44. The van der Waals surface area contributed by atoms with Crippen LogP contribution in [-0.2, 0) is 16.6 Å². The summed E-state index contributed by atoms with van der Waals surface area (Å²) in [6, 6.07) is 5.37. The fourth-order valence-electron chi connectivity index (χ4n) is 1.88. The Labute approximate surface area is 129 Å². The van der Waals surface area contributed by atoms with Crippen LogP contribution in [0.4, 0.5) is 0 Å². The molecule has 112 valence electrons. The van der Waals surface area contributed by atoms with E-state index in [1.807, 2.05) is 19.1 Å². The van der Waals surface area contributed by atoms with Crippen molar-refractivity contribution in [1.82, 2.24) is 10.0 Å². The highest BCUT2D eigenvalue weighted by atomic mass is 79.9. The van der Waals surface area contributed by atoms with E-state index in [0.29, 0.717) is 15.9 Å². The van der Waals surface area contributed by atoms with Crippen LogP contribution in [0.5, 0.6) is 0 Å². The second-order valence-corrected chi connectivity index (χ2v) is 8.27. The van der Waals surface area contributed by atoms with Gasteiger partial charge in [0.2, 0.25) is 10.0 Å². The van der Waals surface area contributed by atoms with Gasteiger partial charge in [0.1, 0.15) is 0 Å². The summed E-state index contributed by atoms with van der Waals surface area (Å²) < 4.78 is 27.9. The molecule has 1 aliphatic rings. The number of sulfonamides is 1. The second-order valence-electron chi connectivity index (χ2n) is 5.68. The van der Waals surface area contributed by atoms with Gasteiger partial charge in [-0.3, -0.25) is 0 Å². The standard InChI is InChI=1S/C14H21BrN2O2S/c1-3-16-9-11-4-5-13(12(15)8-11)20(18,19)17-10-14(2)6-7-14/h4-5,8,16-17H,3,6-7,9-10H2,1-2H3. The van der Waals surface area contributed by atoms with E-state index in [-0.39, 0.29) is 5.41 Å². The van der Waals surface area contributed by atoms with Crippen LogP contribution in [0.1, 0.15) is 32.3 Å². The molecule has 0 radical (unpaired) electrons. The smallest absolute Gasteiger partial charge is 0.241 e. The summed E-state index contributed by atoms with van der Waals surface area (Å²) in [6.07, 6.45) is 2.19. The maximum Gasteiger partial charge on any atom is 0.241 e. The lowest BCUT2D eigenvalue weighted by molar-refractivity contribution is 0.530. The van der Waals surface area contributed by atoms with Crippen LogP contribution < -0.4 is 10.0 Å². The SMILES string of the molecule is CCNCc1ccc(S(=O)(=O)NCC2(C)CC2)c(Br)c1. The highest BCUT2D eigenvalue weighted by Crippen LogP contribution is 2.44. The zero-order chi connectivity index (χ0) is 14.8. The Morgan fingerprint density at radius 3 is 2.60 bits per heavy atom. The van der Waals surface area contributed by atoms with Crippen LogP contribution in [-0.4, -0.2) is 21.5 Å². The molecule has 2 N–H and O–H groups in total. The summed E-state index contributed by atoms with van der Waals surface area (Å²) >= 11 is 3.36. The molecule has 1 fully saturated rings. The predicted molar refractivity (Wildman–Crippen MR) is 84.1 cm³/mol. The fourth-order valence-corrected chi connectivity index (χ4v) is 4.20. The van der Waals surface area contributed by atoms with Crippen molar-refractivity contribution in [2.24, 2.45) is 5.41 Å². The Kier molecular flexibility index (Phi) is 4.89. The summed E-state index contributed by atoms with van der Waals surface area (Å²) in [5, 5.41) is 3.22. The molecular formula is C14H21BrN2O2S. The minimum atomic E-state index is -3.44. The number of nitrogens with one attached hydrogen (secondary N) is 2. The quantitative estimate of drug-likeness (QED) is 0.785. The first-order valence-electron chi connectivity index (χ1n) is 6.85. The van der Waals surface area contributed by atoms with Gasteiger partial charge in [0.25, 0.3) is 0 Å². The van der Waals surface area contributed by atoms with Gasteiger partial charge in [-0.2, -0.15) is 0 Å². The lowest BCUT2D eigenvalue weighted by Gasteiger charge is -2.13. The fraction of sp³-hybridized carbons (Fsp3) is 0.571. The normalized spacial score (nSPS) is 17.1. The van der Waals surface area contributed by atoms with Gasteiger partial charge in [0.15, 0.2) is 0 Å². The van der Waals surface area contributed by atoms with Crippen LogP contribution >= 0.6 is 15.9 Å². The third-order valence-corrected chi connectivity index (χ3v) is 6.04. The first-order chi connectivity index (χ1) is 9.36. The summed E-state index contributed by atoms with van der Waals surface area (Å²) in [5.74, 6) is 0. The predicted octanol–water partition coefficient (Wildman–Crippen LogP) is 2.64. The van der Waals surface area contributed by atoms with Crippen molar-refractivity contribution in [2.45, 2.75) is 38.1 Å². The molecule has 0 amide bonds. The monoisotopic (exact) mass is 360 g/mol. The molecule has 2 rings (SSSR count). The van der Waals surface area contributed by atoms with Crippen LogP contribution in [0.3, 0.4) is 0 Å². The lowest BCUT2D eigenvalue weighted by Crippen LogP contribution is -2.29. The second kappa shape index (κ2) is 6.13. The topological polar surface area (TPSA) is 58.2 Å². The van der Waals surface area contributed by atoms with Gasteiger partial charge in [-0.15, -0.1) is 0 Å². The van der Waals surface area contributed by atoms with Crippen molar-refractivity contribution in [3.8, 4) is 0 Å². The molecule has 0 heterocycles. The summed E-state index contributed by atoms with van der Waals surface area (Å²) in [5.41, 5.74) is 1.22. The molecular weight excluding hydrogens is 340 g/mol. The number of hydrogen-bond donors (Lipinski definition) is 2. The van der Waals surface area contributed by atoms with Crippen LogP contribution in [0.15, 0.2) is 27.6 Å². The van der Waals surface area contributed by atoms with Crippen molar-refractivity contribution in [2.75, 3.05) is 13.1 Å². The zero-order valence-electron chi connectivity index (χ0n) is 11.9. The Hall–Kier alpha value is -0.430. The first kappa shape index (κ1) is 15.9. The third kappa shape index (κ3) is 4.04. The molecule has 0 saturated heterocycles. The molecule has 1 aliphatic carbocycles. The van der Waals surface area contributed by atoms with E-state index in [1.54, 1.807) is 6.07 Å².